The van der Waals surface area contributed by atoms with Crippen LogP contribution >= 0.6 is 11.3 Å². The van der Waals surface area contributed by atoms with Crippen molar-refractivity contribution in [1.82, 2.24) is 10.3 Å². The smallest absolute Gasteiger partial charge is 0.251 e. The first-order valence-electron chi connectivity index (χ1n) is 7.27. The van der Waals surface area contributed by atoms with E-state index in [1.54, 1.807) is 30.5 Å². The van der Waals surface area contributed by atoms with Crippen LogP contribution in [0.3, 0.4) is 0 Å². The molecule has 0 spiro atoms. The minimum absolute atomic E-state index is 0.285. The highest BCUT2D eigenvalue weighted by atomic mass is 32.1. The number of halogens is 1. The molecule has 2 N–H and O–H groups in total. The van der Waals surface area contributed by atoms with E-state index >= 15 is 0 Å². The normalized spacial score (nSPS) is 10.7. The van der Waals surface area contributed by atoms with Crippen molar-refractivity contribution in [1.29, 1.82) is 0 Å². The van der Waals surface area contributed by atoms with Gasteiger partial charge in [-0.05, 0) is 30.3 Å². The first kappa shape index (κ1) is 15.4. The molecule has 3 rings (SSSR count). The number of rotatable bonds is 5. The molecule has 0 saturated carbocycles. The second kappa shape index (κ2) is 6.75. The van der Waals surface area contributed by atoms with Crippen LogP contribution in [0.2, 0.25) is 0 Å². The molecule has 0 aliphatic rings. The molecule has 6 heteroatoms. The molecule has 0 saturated heterocycles. The van der Waals surface area contributed by atoms with E-state index in [0.717, 1.165) is 15.2 Å². The number of hydrogen-bond acceptors (Lipinski definition) is 4. The van der Waals surface area contributed by atoms with Crippen LogP contribution in [0.25, 0.3) is 10.2 Å². The lowest BCUT2D eigenvalue weighted by Crippen LogP contribution is -2.25. The monoisotopic (exact) mass is 329 g/mol. The van der Waals surface area contributed by atoms with Gasteiger partial charge >= 0.3 is 0 Å². The summed E-state index contributed by atoms with van der Waals surface area (Å²) in [6.45, 7) is 0.466. The number of nitrogens with one attached hydrogen (secondary N) is 2. The van der Waals surface area contributed by atoms with Crippen LogP contribution in [0.4, 0.5) is 10.1 Å². The van der Waals surface area contributed by atoms with E-state index in [4.69, 9.17) is 0 Å². The van der Waals surface area contributed by atoms with Crippen molar-refractivity contribution in [3.63, 3.8) is 0 Å². The standard InChI is InChI=1S/C17H16FN3OS/c1-19-13-7-6-11(10-12(13)18)17(22)20-9-8-16-21-14-4-2-3-5-15(14)23-16/h2-7,10,19H,8-9H2,1H3,(H,20,22). The third-order valence-electron chi connectivity index (χ3n) is 3.46. The molecule has 2 aromatic carbocycles. The first-order chi connectivity index (χ1) is 11.2. The topological polar surface area (TPSA) is 54.0 Å². The molecule has 0 aliphatic carbocycles. The summed E-state index contributed by atoms with van der Waals surface area (Å²) >= 11 is 1.62. The molecule has 23 heavy (non-hydrogen) atoms. The maximum atomic E-state index is 13.7. The van der Waals surface area contributed by atoms with Crippen LogP contribution in [-0.2, 0) is 6.42 Å². The summed E-state index contributed by atoms with van der Waals surface area (Å²) in [6.07, 6.45) is 0.655. The van der Waals surface area contributed by atoms with E-state index in [9.17, 15) is 9.18 Å². The summed E-state index contributed by atoms with van der Waals surface area (Å²) in [5.74, 6) is -0.723. The van der Waals surface area contributed by atoms with Crippen LogP contribution in [0.15, 0.2) is 42.5 Å². The third-order valence-corrected chi connectivity index (χ3v) is 4.56. The van der Waals surface area contributed by atoms with Gasteiger partial charge in [0.1, 0.15) is 5.82 Å². The summed E-state index contributed by atoms with van der Waals surface area (Å²) in [6, 6.07) is 12.3. The Balaban J connectivity index is 1.59. The lowest BCUT2D eigenvalue weighted by molar-refractivity contribution is 0.0953. The molecule has 0 atom stereocenters. The average Bonchev–Trinajstić information content (AvgIpc) is 2.97. The van der Waals surface area contributed by atoms with E-state index in [2.05, 4.69) is 15.6 Å². The third kappa shape index (κ3) is 3.48. The van der Waals surface area contributed by atoms with Gasteiger partial charge in [0.15, 0.2) is 0 Å². The lowest BCUT2D eigenvalue weighted by atomic mass is 10.2. The Labute approximate surface area is 137 Å². The number of thiazole rings is 1. The van der Waals surface area contributed by atoms with Crippen molar-refractivity contribution < 1.29 is 9.18 Å². The maximum Gasteiger partial charge on any atom is 0.251 e. The van der Waals surface area contributed by atoms with Gasteiger partial charge in [-0.3, -0.25) is 4.79 Å². The van der Waals surface area contributed by atoms with Crippen LogP contribution in [0, 0.1) is 5.82 Å². The minimum atomic E-state index is -0.439. The van der Waals surface area contributed by atoms with Gasteiger partial charge in [-0.25, -0.2) is 9.37 Å². The van der Waals surface area contributed by atoms with Crippen molar-refractivity contribution in [2.75, 3.05) is 18.9 Å². The number of carbonyl (C=O) groups is 1. The number of aromatic nitrogens is 1. The predicted molar refractivity (Wildman–Crippen MR) is 91.6 cm³/mol. The molecule has 3 aromatic rings. The zero-order valence-electron chi connectivity index (χ0n) is 12.6. The Morgan fingerprint density at radius 3 is 2.83 bits per heavy atom. The molecule has 0 fully saturated rings. The summed E-state index contributed by atoms with van der Waals surface area (Å²) in [5.41, 5.74) is 1.66. The molecule has 1 heterocycles. The van der Waals surface area contributed by atoms with Gasteiger partial charge < -0.3 is 10.6 Å². The van der Waals surface area contributed by atoms with Crippen LogP contribution < -0.4 is 10.6 Å². The van der Waals surface area contributed by atoms with Crippen molar-refractivity contribution >= 4 is 33.1 Å². The fourth-order valence-electron chi connectivity index (χ4n) is 2.27. The van der Waals surface area contributed by atoms with E-state index in [-0.39, 0.29) is 5.91 Å². The quantitative estimate of drug-likeness (QED) is 0.754. The van der Waals surface area contributed by atoms with Gasteiger partial charge in [0.05, 0.1) is 20.9 Å². The van der Waals surface area contributed by atoms with E-state index in [1.807, 2.05) is 24.3 Å². The van der Waals surface area contributed by atoms with Crippen molar-refractivity contribution in [3.05, 3.63) is 58.9 Å². The Kier molecular flexibility index (Phi) is 4.52. The molecule has 118 valence electrons. The van der Waals surface area contributed by atoms with Crippen molar-refractivity contribution in [2.45, 2.75) is 6.42 Å². The minimum Gasteiger partial charge on any atom is -0.386 e. The molecule has 1 aromatic heterocycles. The molecular weight excluding hydrogens is 313 g/mol. The summed E-state index contributed by atoms with van der Waals surface area (Å²) < 4.78 is 14.8. The van der Waals surface area contributed by atoms with E-state index < -0.39 is 5.82 Å². The highest BCUT2D eigenvalue weighted by Crippen LogP contribution is 2.21. The lowest BCUT2D eigenvalue weighted by Gasteiger charge is -2.06. The largest absolute Gasteiger partial charge is 0.386 e. The first-order valence-corrected chi connectivity index (χ1v) is 8.09. The molecule has 1 amide bonds. The number of nitrogens with zero attached hydrogens (tertiary/aromatic N) is 1. The number of benzene rings is 2. The van der Waals surface area contributed by atoms with Gasteiger partial charge in [-0.15, -0.1) is 11.3 Å². The predicted octanol–water partition coefficient (Wildman–Crippen LogP) is 3.45. The Bertz CT molecular complexity index is 814. The Hall–Kier alpha value is -2.47. The van der Waals surface area contributed by atoms with Crippen LogP contribution in [-0.4, -0.2) is 24.5 Å². The number of fused-ring (bicyclic) bond motifs is 1. The number of para-hydroxylation sites is 1. The summed E-state index contributed by atoms with van der Waals surface area (Å²) in [4.78, 5) is 16.6. The van der Waals surface area contributed by atoms with Gasteiger partial charge in [0.25, 0.3) is 5.91 Å². The molecule has 0 radical (unpaired) electrons. The van der Waals surface area contributed by atoms with Gasteiger partial charge in [0, 0.05) is 25.6 Å². The van der Waals surface area contributed by atoms with Crippen molar-refractivity contribution in [3.8, 4) is 0 Å². The number of amides is 1. The molecule has 4 nitrogen and oxygen atoms in total. The van der Waals surface area contributed by atoms with Gasteiger partial charge in [-0.1, -0.05) is 12.1 Å². The zero-order chi connectivity index (χ0) is 16.2. The SMILES string of the molecule is CNc1ccc(C(=O)NCCc2nc3ccccc3s2)cc1F. The highest BCUT2D eigenvalue weighted by Gasteiger charge is 2.09. The van der Waals surface area contributed by atoms with Gasteiger partial charge in [-0.2, -0.15) is 0 Å². The number of carbonyl (C=O) groups excluding carboxylic acids is 1. The molecular formula is C17H16FN3OS. The van der Waals surface area contributed by atoms with Crippen LogP contribution in [0.5, 0.6) is 0 Å². The second-order valence-corrected chi connectivity index (χ2v) is 6.14. The number of anilines is 1. The molecule has 0 unspecified atom stereocenters. The second-order valence-electron chi connectivity index (χ2n) is 5.03. The van der Waals surface area contributed by atoms with Crippen molar-refractivity contribution in [2.24, 2.45) is 0 Å². The molecule has 0 aliphatic heterocycles. The fraction of sp³-hybridized carbons (Fsp3) is 0.176. The maximum absolute atomic E-state index is 13.7. The average molecular weight is 329 g/mol. The fourth-order valence-corrected chi connectivity index (χ4v) is 3.24. The Morgan fingerprint density at radius 1 is 1.26 bits per heavy atom. The number of hydrogen-bond donors (Lipinski definition) is 2. The Morgan fingerprint density at radius 2 is 2.09 bits per heavy atom. The summed E-state index contributed by atoms with van der Waals surface area (Å²) in [5, 5.41) is 6.50. The summed E-state index contributed by atoms with van der Waals surface area (Å²) in [7, 11) is 1.64. The van der Waals surface area contributed by atoms with E-state index in [1.165, 1.54) is 6.07 Å². The van der Waals surface area contributed by atoms with Gasteiger partial charge in [0.2, 0.25) is 0 Å². The zero-order valence-corrected chi connectivity index (χ0v) is 13.4. The molecule has 0 bridgehead atoms. The van der Waals surface area contributed by atoms with E-state index in [0.29, 0.717) is 24.2 Å². The highest BCUT2D eigenvalue weighted by molar-refractivity contribution is 7.18. The van der Waals surface area contributed by atoms with Crippen LogP contribution in [0.1, 0.15) is 15.4 Å².